The van der Waals surface area contributed by atoms with E-state index in [1.807, 2.05) is 49.7 Å². The van der Waals surface area contributed by atoms with Crippen LogP contribution < -0.4 is 5.32 Å². The van der Waals surface area contributed by atoms with E-state index in [4.69, 9.17) is 0 Å². The van der Waals surface area contributed by atoms with Crippen LogP contribution >= 0.6 is 11.3 Å². The summed E-state index contributed by atoms with van der Waals surface area (Å²) < 4.78 is 0. The van der Waals surface area contributed by atoms with Gasteiger partial charge in [0.2, 0.25) is 11.8 Å². The molecule has 3 aromatic rings. The Labute approximate surface area is 186 Å². The quantitative estimate of drug-likeness (QED) is 0.638. The Hall–Kier alpha value is -3.06. The number of hydrogen-bond donors (Lipinski definition) is 1. The Balaban J connectivity index is 1.36. The van der Waals surface area contributed by atoms with E-state index in [0.717, 1.165) is 33.8 Å². The first kappa shape index (κ1) is 21.2. The van der Waals surface area contributed by atoms with Gasteiger partial charge in [-0.1, -0.05) is 30.3 Å². The van der Waals surface area contributed by atoms with Crippen LogP contribution in [0.4, 0.5) is 0 Å². The molecule has 1 aliphatic heterocycles. The summed E-state index contributed by atoms with van der Waals surface area (Å²) in [7, 11) is 0. The molecule has 0 radical (unpaired) electrons. The van der Waals surface area contributed by atoms with Crippen molar-refractivity contribution in [1.29, 1.82) is 0 Å². The van der Waals surface area contributed by atoms with E-state index in [1.165, 1.54) is 0 Å². The minimum absolute atomic E-state index is 0.0411. The monoisotopic (exact) mass is 434 g/mol. The molecule has 0 spiro atoms. The number of aromatic nitrogens is 2. The van der Waals surface area contributed by atoms with Gasteiger partial charge in [-0.2, -0.15) is 0 Å². The second-order valence-electron chi connectivity index (χ2n) is 7.85. The molecule has 1 N–H and O–H groups in total. The van der Waals surface area contributed by atoms with E-state index in [0.29, 0.717) is 19.5 Å². The normalized spacial score (nSPS) is 16.8. The number of hydrogen-bond acceptors (Lipinski definition) is 5. The van der Waals surface area contributed by atoms with E-state index in [9.17, 15) is 9.59 Å². The van der Waals surface area contributed by atoms with Crippen molar-refractivity contribution in [2.45, 2.75) is 45.2 Å². The largest absolute Gasteiger partial charge is 0.350 e. The smallest absolute Gasteiger partial charge is 0.243 e. The first-order valence-electron chi connectivity index (χ1n) is 10.5. The van der Waals surface area contributed by atoms with Gasteiger partial charge in [-0.05, 0) is 49.9 Å². The summed E-state index contributed by atoms with van der Waals surface area (Å²) in [5, 5.41) is 3.01. The number of pyridine rings is 1. The summed E-state index contributed by atoms with van der Waals surface area (Å²) >= 11 is 1.62. The second kappa shape index (κ2) is 9.39. The fourth-order valence-corrected chi connectivity index (χ4v) is 4.78. The number of nitrogens with one attached hydrogen (secondary N) is 1. The topological polar surface area (TPSA) is 75.2 Å². The molecule has 2 unspecified atom stereocenters. The Morgan fingerprint density at radius 3 is 2.68 bits per heavy atom. The molecule has 0 aliphatic carbocycles. The number of thiazole rings is 1. The summed E-state index contributed by atoms with van der Waals surface area (Å²) in [6.45, 7) is 4.90. The van der Waals surface area contributed by atoms with Crippen molar-refractivity contribution in [2.24, 2.45) is 0 Å². The first-order chi connectivity index (χ1) is 15.0. The van der Waals surface area contributed by atoms with Gasteiger partial charge in [0.25, 0.3) is 0 Å². The lowest BCUT2D eigenvalue weighted by atomic mass is 10.0. The molecular formula is C24H26N4O2S. The molecule has 1 aromatic carbocycles. The van der Waals surface area contributed by atoms with Crippen LogP contribution in [0.3, 0.4) is 0 Å². The SMILES string of the molecule is Cc1ncsc1-c1ccc(CNC(=O)C2CCCN2C(=O)C(C)c2ccccn2)cc1. The molecule has 6 nitrogen and oxygen atoms in total. The molecule has 1 aliphatic rings. The van der Waals surface area contributed by atoms with E-state index in [1.54, 1.807) is 22.4 Å². The highest BCUT2D eigenvalue weighted by Gasteiger charge is 2.36. The van der Waals surface area contributed by atoms with Crippen LogP contribution in [0.15, 0.2) is 54.2 Å². The number of carbonyl (C=O) groups excluding carboxylic acids is 2. The van der Waals surface area contributed by atoms with E-state index >= 15 is 0 Å². The van der Waals surface area contributed by atoms with Crippen LogP contribution in [0.5, 0.6) is 0 Å². The Morgan fingerprint density at radius 2 is 2.00 bits per heavy atom. The number of likely N-dealkylation sites (tertiary alicyclic amines) is 1. The predicted molar refractivity (Wildman–Crippen MR) is 122 cm³/mol. The number of rotatable bonds is 6. The third-order valence-corrected chi connectivity index (χ3v) is 6.75. The molecule has 160 valence electrons. The zero-order valence-electron chi connectivity index (χ0n) is 17.7. The molecule has 2 atom stereocenters. The standard InChI is InChI=1S/C24H26N4O2S/c1-16(20-6-3-4-12-25-20)24(30)28-13-5-7-21(28)23(29)26-14-18-8-10-19(11-9-18)22-17(2)27-15-31-22/h3-4,6,8-12,15-16,21H,5,7,13-14H2,1-2H3,(H,26,29). The molecule has 4 rings (SSSR count). The lowest BCUT2D eigenvalue weighted by Crippen LogP contribution is -2.47. The number of benzene rings is 1. The van der Waals surface area contributed by atoms with Gasteiger partial charge in [-0.25, -0.2) is 4.98 Å². The van der Waals surface area contributed by atoms with Crippen LogP contribution in [0.1, 0.15) is 42.6 Å². The fraction of sp³-hybridized carbons (Fsp3) is 0.333. The van der Waals surface area contributed by atoms with Crippen LogP contribution in [0, 0.1) is 6.92 Å². The number of aryl methyl sites for hydroxylation is 1. The summed E-state index contributed by atoms with van der Waals surface area (Å²) in [4.78, 5) is 37.3. The van der Waals surface area contributed by atoms with Crippen molar-refractivity contribution in [2.75, 3.05) is 6.54 Å². The summed E-state index contributed by atoms with van der Waals surface area (Å²) in [6, 6.07) is 13.3. The van der Waals surface area contributed by atoms with E-state index < -0.39 is 6.04 Å². The lowest BCUT2D eigenvalue weighted by molar-refractivity contribution is -0.139. The maximum Gasteiger partial charge on any atom is 0.243 e. The van der Waals surface area contributed by atoms with Crippen molar-refractivity contribution >= 4 is 23.2 Å². The Morgan fingerprint density at radius 1 is 1.19 bits per heavy atom. The molecule has 2 amide bonds. The summed E-state index contributed by atoms with van der Waals surface area (Å²) in [5.41, 5.74) is 5.76. The van der Waals surface area contributed by atoms with Gasteiger partial charge in [-0.15, -0.1) is 11.3 Å². The molecule has 1 saturated heterocycles. The highest BCUT2D eigenvalue weighted by Crippen LogP contribution is 2.27. The highest BCUT2D eigenvalue weighted by molar-refractivity contribution is 7.13. The van der Waals surface area contributed by atoms with Gasteiger partial charge in [-0.3, -0.25) is 14.6 Å². The van der Waals surface area contributed by atoms with Crippen molar-refractivity contribution in [3.05, 3.63) is 71.1 Å². The van der Waals surface area contributed by atoms with Gasteiger partial charge in [0, 0.05) is 19.3 Å². The van der Waals surface area contributed by atoms with E-state index in [-0.39, 0.29) is 17.7 Å². The van der Waals surface area contributed by atoms with Crippen molar-refractivity contribution in [1.82, 2.24) is 20.2 Å². The average Bonchev–Trinajstić information content (AvgIpc) is 3.47. The maximum absolute atomic E-state index is 13.0. The lowest BCUT2D eigenvalue weighted by Gasteiger charge is -2.26. The van der Waals surface area contributed by atoms with Crippen molar-refractivity contribution < 1.29 is 9.59 Å². The number of carbonyl (C=O) groups is 2. The molecule has 7 heteroatoms. The van der Waals surface area contributed by atoms with Gasteiger partial charge < -0.3 is 10.2 Å². The first-order valence-corrected chi connectivity index (χ1v) is 11.4. The van der Waals surface area contributed by atoms with Crippen molar-refractivity contribution in [3.8, 4) is 10.4 Å². The second-order valence-corrected chi connectivity index (χ2v) is 8.70. The zero-order chi connectivity index (χ0) is 21.8. The minimum atomic E-state index is -0.419. The molecule has 0 bridgehead atoms. The molecule has 0 saturated carbocycles. The van der Waals surface area contributed by atoms with Crippen LogP contribution in [0.2, 0.25) is 0 Å². The molecule has 2 aromatic heterocycles. The van der Waals surface area contributed by atoms with Crippen LogP contribution in [-0.4, -0.2) is 39.3 Å². The van der Waals surface area contributed by atoms with E-state index in [2.05, 4.69) is 27.4 Å². The van der Waals surface area contributed by atoms with Gasteiger partial charge in [0.15, 0.2) is 0 Å². The molecule has 31 heavy (non-hydrogen) atoms. The number of nitrogens with zero attached hydrogens (tertiary/aromatic N) is 3. The van der Waals surface area contributed by atoms with Gasteiger partial charge in [0.1, 0.15) is 6.04 Å². The third-order valence-electron chi connectivity index (χ3n) is 5.77. The van der Waals surface area contributed by atoms with Gasteiger partial charge in [0.05, 0.1) is 27.7 Å². The van der Waals surface area contributed by atoms with Gasteiger partial charge >= 0.3 is 0 Å². The summed E-state index contributed by atoms with van der Waals surface area (Å²) in [6.07, 6.45) is 3.21. The Kier molecular flexibility index (Phi) is 6.42. The molecule has 1 fully saturated rings. The minimum Gasteiger partial charge on any atom is -0.350 e. The Bertz CT molecular complexity index is 1050. The number of amides is 2. The summed E-state index contributed by atoms with van der Waals surface area (Å²) in [5.74, 6) is -0.501. The highest BCUT2D eigenvalue weighted by atomic mass is 32.1. The molecule has 3 heterocycles. The zero-order valence-corrected chi connectivity index (χ0v) is 18.6. The third kappa shape index (κ3) is 4.66. The fourth-order valence-electron chi connectivity index (χ4n) is 3.97. The van der Waals surface area contributed by atoms with Crippen LogP contribution in [-0.2, 0) is 16.1 Å². The maximum atomic E-state index is 13.0. The van der Waals surface area contributed by atoms with Crippen LogP contribution in [0.25, 0.3) is 10.4 Å². The molecular weight excluding hydrogens is 408 g/mol. The average molecular weight is 435 g/mol. The predicted octanol–water partition coefficient (Wildman–Crippen LogP) is 3.92. The van der Waals surface area contributed by atoms with Crippen molar-refractivity contribution in [3.63, 3.8) is 0 Å².